The highest BCUT2D eigenvalue weighted by molar-refractivity contribution is 5.82. The number of primary amides is 1. The van der Waals surface area contributed by atoms with Crippen LogP contribution < -0.4 is 10.5 Å². The molecule has 1 aromatic carbocycles. The fourth-order valence-corrected chi connectivity index (χ4v) is 0.883. The van der Waals surface area contributed by atoms with E-state index in [1.165, 1.54) is 13.8 Å². The van der Waals surface area contributed by atoms with Gasteiger partial charge in [0.05, 0.1) is 0 Å². The van der Waals surface area contributed by atoms with Crippen molar-refractivity contribution >= 4 is 5.91 Å². The van der Waals surface area contributed by atoms with Gasteiger partial charge in [-0.15, -0.1) is 0 Å². The highest BCUT2D eigenvalue weighted by Crippen LogP contribution is 2.22. The third-order valence-corrected chi connectivity index (χ3v) is 1.85. The van der Waals surface area contributed by atoms with E-state index in [1.54, 1.807) is 0 Å². The lowest BCUT2D eigenvalue weighted by molar-refractivity contribution is -0.130. The SMILES string of the molecule is CC(C)(Oc1ccc(F)cc1F)C(N)=O. The van der Waals surface area contributed by atoms with Crippen LogP contribution in [0.1, 0.15) is 13.8 Å². The summed E-state index contributed by atoms with van der Waals surface area (Å²) in [6.45, 7) is 2.80. The molecule has 1 aromatic rings. The van der Waals surface area contributed by atoms with Crippen molar-refractivity contribution in [3.05, 3.63) is 29.8 Å². The Balaban J connectivity index is 2.95. The number of ether oxygens (including phenoxy) is 1. The molecule has 0 unspecified atom stereocenters. The highest BCUT2D eigenvalue weighted by atomic mass is 19.1. The van der Waals surface area contributed by atoms with Gasteiger partial charge in [0, 0.05) is 6.07 Å². The number of carbonyl (C=O) groups is 1. The van der Waals surface area contributed by atoms with Crippen LogP contribution in [0.25, 0.3) is 0 Å². The fraction of sp³-hybridized carbons (Fsp3) is 0.300. The van der Waals surface area contributed by atoms with Gasteiger partial charge in [-0.05, 0) is 26.0 Å². The Morgan fingerprint density at radius 2 is 2.00 bits per heavy atom. The molecule has 0 saturated carbocycles. The maximum atomic E-state index is 13.1. The van der Waals surface area contributed by atoms with Crippen molar-refractivity contribution in [1.82, 2.24) is 0 Å². The third kappa shape index (κ3) is 2.65. The second-order valence-electron chi connectivity index (χ2n) is 3.55. The second kappa shape index (κ2) is 3.84. The van der Waals surface area contributed by atoms with Crippen molar-refractivity contribution in [2.24, 2.45) is 5.73 Å². The van der Waals surface area contributed by atoms with E-state index in [0.717, 1.165) is 12.1 Å². The van der Waals surface area contributed by atoms with Crippen LogP contribution in [0, 0.1) is 11.6 Å². The first-order valence-corrected chi connectivity index (χ1v) is 4.27. The monoisotopic (exact) mass is 215 g/mol. The van der Waals surface area contributed by atoms with Crippen LogP contribution in [0.5, 0.6) is 5.75 Å². The van der Waals surface area contributed by atoms with Gasteiger partial charge in [0.25, 0.3) is 5.91 Å². The summed E-state index contributed by atoms with van der Waals surface area (Å²) >= 11 is 0. The van der Waals surface area contributed by atoms with E-state index in [0.29, 0.717) is 6.07 Å². The zero-order chi connectivity index (χ0) is 11.6. The second-order valence-corrected chi connectivity index (χ2v) is 3.55. The van der Waals surface area contributed by atoms with Crippen molar-refractivity contribution in [2.45, 2.75) is 19.4 Å². The maximum absolute atomic E-state index is 13.1. The molecule has 2 N–H and O–H groups in total. The lowest BCUT2D eigenvalue weighted by Crippen LogP contribution is -2.43. The van der Waals surface area contributed by atoms with Gasteiger partial charge in [0.1, 0.15) is 5.82 Å². The van der Waals surface area contributed by atoms with Crippen LogP contribution in [0.15, 0.2) is 18.2 Å². The minimum atomic E-state index is -1.33. The predicted molar refractivity (Wildman–Crippen MR) is 50.3 cm³/mol. The number of nitrogens with two attached hydrogens (primary N) is 1. The molecule has 1 amide bonds. The average Bonchev–Trinajstić information content (AvgIpc) is 2.09. The van der Waals surface area contributed by atoms with Crippen LogP contribution in [-0.4, -0.2) is 11.5 Å². The van der Waals surface area contributed by atoms with Crippen LogP contribution in [-0.2, 0) is 4.79 Å². The standard InChI is InChI=1S/C10H11F2NO2/c1-10(2,9(13)14)15-8-4-3-6(11)5-7(8)12/h3-5H,1-2H3,(H2,13,14). The molecule has 0 saturated heterocycles. The quantitative estimate of drug-likeness (QED) is 0.832. The molecule has 82 valence electrons. The van der Waals surface area contributed by atoms with Gasteiger partial charge >= 0.3 is 0 Å². The van der Waals surface area contributed by atoms with Gasteiger partial charge in [-0.2, -0.15) is 0 Å². The van der Waals surface area contributed by atoms with Crippen LogP contribution >= 0.6 is 0 Å². The molecule has 0 aliphatic heterocycles. The Hall–Kier alpha value is -1.65. The zero-order valence-corrected chi connectivity index (χ0v) is 8.38. The number of amides is 1. The number of benzene rings is 1. The fourth-order valence-electron chi connectivity index (χ4n) is 0.883. The number of halogens is 2. The molecular formula is C10H11F2NO2. The molecule has 0 heterocycles. The van der Waals surface area contributed by atoms with E-state index in [1.807, 2.05) is 0 Å². The van der Waals surface area contributed by atoms with Gasteiger partial charge in [-0.3, -0.25) is 4.79 Å². The molecular weight excluding hydrogens is 204 g/mol. The molecule has 1 rings (SSSR count). The summed E-state index contributed by atoms with van der Waals surface area (Å²) in [7, 11) is 0. The first-order valence-electron chi connectivity index (χ1n) is 4.27. The summed E-state index contributed by atoms with van der Waals surface area (Å²) in [5, 5.41) is 0. The Bertz CT molecular complexity index is 391. The Morgan fingerprint density at radius 3 is 2.47 bits per heavy atom. The minimum absolute atomic E-state index is 0.208. The molecule has 0 spiro atoms. The minimum Gasteiger partial charge on any atom is -0.475 e. The summed E-state index contributed by atoms with van der Waals surface area (Å²) in [5.74, 6) is -2.52. The maximum Gasteiger partial charge on any atom is 0.261 e. The van der Waals surface area contributed by atoms with Crippen LogP contribution in [0.3, 0.4) is 0 Å². The summed E-state index contributed by atoms with van der Waals surface area (Å²) < 4.78 is 30.7. The molecule has 0 fully saturated rings. The molecule has 3 nitrogen and oxygen atoms in total. The number of carbonyl (C=O) groups excluding carboxylic acids is 1. The van der Waals surface area contributed by atoms with Crippen molar-refractivity contribution in [1.29, 1.82) is 0 Å². The topological polar surface area (TPSA) is 52.3 Å². The third-order valence-electron chi connectivity index (χ3n) is 1.85. The van der Waals surface area contributed by atoms with E-state index < -0.39 is 23.1 Å². The first kappa shape index (κ1) is 11.4. The Labute approximate surface area is 85.8 Å². The number of rotatable bonds is 3. The summed E-state index contributed by atoms with van der Waals surface area (Å²) in [6.07, 6.45) is 0. The zero-order valence-electron chi connectivity index (χ0n) is 8.38. The summed E-state index contributed by atoms with van der Waals surface area (Å²) in [5.41, 5.74) is 3.70. The largest absolute Gasteiger partial charge is 0.475 e. The van der Waals surface area contributed by atoms with Gasteiger partial charge < -0.3 is 10.5 Å². The van der Waals surface area contributed by atoms with Gasteiger partial charge in [0.15, 0.2) is 17.2 Å². The van der Waals surface area contributed by atoms with Gasteiger partial charge in [-0.25, -0.2) is 8.78 Å². The van der Waals surface area contributed by atoms with E-state index in [4.69, 9.17) is 10.5 Å². The van der Waals surface area contributed by atoms with Crippen molar-refractivity contribution in [2.75, 3.05) is 0 Å². The molecule has 0 aliphatic carbocycles. The molecule has 0 radical (unpaired) electrons. The molecule has 0 aromatic heterocycles. The predicted octanol–water partition coefficient (Wildman–Crippen LogP) is 1.61. The van der Waals surface area contributed by atoms with Crippen molar-refractivity contribution < 1.29 is 18.3 Å². The van der Waals surface area contributed by atoms with E-state index >= 15 is 0 Å². The number of hydrogen-bond acceptors (Lipinski definition) is 2. The van der Waals surface area contributed by atoms with Crippen molar-refractivity contribution in [3.8, 4) is 5.75 Å². The van der Waals surface area contributed by atoms with Gasteiger partial charge in [0.2, 0.25) is 0 Å². The summed E-state index contributed by atoms with van der Waals surface area (Å²) in [4.78, 5) is 10.9. The molecule has 15 heavy (non-hydrogen) atoms. The lowest BCUT2D eigenvalue weighted by Gasteiger charge is -2.22. The lowest BCUT2D eigenvalue weighted by atomic mass is 10.1. The van der Waals surface area contributed by atoms with E-state index in [-0.39, 0.29) is 5.75 Å². The average molecular weight is 215 g/mol. The molecule has 0 atom stereocenters. The summed E-state index contributed by atoms with van der Waals surface area (Å²) in [6, 6.07) is 2.82. The number of hydrogen-bond donors (Lipinski definition) is 1. The van der Waals surface area contributed by atoms with E-state index in [9.17, 15) is 13.6 Å². The Kier molecular flexibility index (Phi) is 2.93. The van der Waals surface area contributed by atoms with Crippen molar-refractivity contribution in [3.63, 3.8) is 0 Å². The normalized spacial score (nSPS) is 11.2. The highest BCUT2D eigenvalue weighted by Gasteiger charge is 2.28. The smallest absolute Gasteiger partial charge is 0.261 e. The Morgan fingerprint density at radius 1 is 1.40 bits per heavy atom. The molecule has 5 heteroatoms. The van der Waals surface area contributed by atoms with Crippen LogP contribution in [0.4, 0.5) is 8.78 Å². The first-order chi connectivity index (χ1) is 6.83. The van der Waals surface area contributed by atoms with Crippen LogP contribution in [0.2, 0.25) is 0 Å². The molecule has 0 aliphatic rings. The molecule has 0 bridgehead atoms. The van der Waals surface area contributed by atoms with Gasteiger partial charge in [-0.1, -0.05) is 0 Å². The van der Waals surface area contributed by atoms with E-state index in [2.05, 4.69) is 0 Å².